The van der Waals surface area contributed by atoms with Gasteiger partial charge in [0, 0.05) is 12.3 Å². The van der Waals surface area contributed by atoms with Crippen LogP contribution in [0.5, 0.6) is 5.88 Å². The third-order valence-corrected chi connectivity index (χ3v) is 6.46. The zero-order valence-electron chi connectivity index (χ0n) is 18.5. The zero-order valence-corrected chi connectivity index (χ0v) is 19.4. The first kappa shape index (κ1) is 27.1. The number of sulfone groups is 1. The predicted molar refractivity (Wildman–Crippen MR) is 108 cm³/mol. The molecule has 0 atom stereocenters. The lowest BCUT2D eigenvalue weighted by molar-refractivity contribution is -0.290. The molecule has 38 heavy (non-hydrogen) atoms. The Hall–Kier alpha value is -3.97. The van der Waals surface area contributed by atoms with E-state index in [1.165, 1.54) is 13.0 Å². The Morgan fingerprint density at radius 3 is 2.21 bits per heavy atom. The Bertz CT molecular complexity index is 1580. The molecule has 0 N–H and O–H groups in total. The molecule has 0 aromatic carbocycles. The number of hydrogen-bond donors (Lipinski definition) is 0. The SMILES string of the molecule is CCS(=O)(=O)c1nn2c(-n3cnc(C(F)(F)F)n3)ccnc2c1-c1cnc(OCC(F)(F)C(F)(F)F)cn1. The van der Waals surface area contributed by atoms with Gasteiger partial charge in [0.2, 0.25) is 5.88 Å². The van der Waals surface area contributed by atoms with Crippen molar-refractivity contribution in [3.05, 3.63) is 36.8 Å². The molecule has 0 amide bonds. The lowest BCUT2D eigenvalue weighted by Crippen LogP contribution is -2.41. The molecule has 0 saturated carbocycles. The molecule has 0 saturated heterocycles. The molecule has 4 aromatic heterocycles. The molecule has 20 heteroatoms. The average molecular weight is 572 g/mol. The Balaban J connectivity index is 1.80. The quantitative estimate of drug-likeness (QED) is 0.307. The Labute approximate surface area is 206 Å². The van der Waals surface area contributed by atoms with Crippen LogP contribution in [-0.2, 0) is 16.0 Å². The van der Waals surface area contributed by atoms with Gasteiger partial charge in [-0.3, -0.25) is 0 Å². The van der Waals surface area contributed by atoms with Gasteiger partial charge >= 0.3 is 18.3 Å². The molecule has 4 aromatic rings. The predicted octanol–water partition coefficient (Wildman–Crippen LogP) is 3.16. The Morgan fingerprint density at radius 1 is 0.947 bits per heavy atom. The van der Waals surface area contributed by atoms with E-state index in [0.717, 1.165) is 23.2 Å². The fraction of sp³-hybridized carbons (Fsp3) is 0.333. The van der Waals surface area contributed by atoms with Crippen molar-refractivity contribution in [1.82, 2.24) is 39.3 Å². The van der Waals surface area contributed by atoms with Crippen molar-refractivity contribution in [2.24, 2.45) is 0 Å². The summed E-state index contributed by atoms with van der Waals surface area (Å²) >= 11 is 0. The Morgan fingerprint density at radius 2 is 1.66 bits per heavy atom. The van der Waals surface area contributed by atoms with Crippen LogP contribution in [0.4, 0.5) is 35.1 Å². The smallest absolute Gasteiger partial charge is 0.456 e. The van der Waals surface area contributed by atoms with Crippen LogP contribution in [0.1, 0.15) is 12.7 Å². The van der Waals surface area contributed by atoms with Crippen LogP contribution in [-0.4, -0.2) is 72.2 Å². The molecule has 0 unspecified atom stereocenters. The molecule has 0 bridgehead atoms. The van der Waals surface area contributed by atoms with Crippen molar-refractivity contribution >= 4 is 15.5 Å². The van der Waals surface area contributed by atoms with Crippen molar-refractivity contribution in [1.29, 1.82) is 0 Å². The highest BCUT2D eigenvalue weighted by Crippen LogP contribution is 2.36. The van der Waals surface area contributed by atoms with Gasteiger partial charge in [0.1, 0.15) is 6.33 Å². The highest BCUT2D eigenvalue weighted by atomic mass is 32.2. The minimum Gasteiger partial charge on any atom is -0.470 e. The standard InChI is InChI=1S/C18H12F8N8O3S/c1-2-38(35,36)14-12(9-5-29-10(6-28-9)37-7-16(19,20)18(24,25)26)13-27-4-3-11(34(13)31-14)33-8-30-15(32-33)17(21,22)23/h3-6,8H,2,7H2,1H3. The maximum Gasteiger partial charge on any atom is 0.456 e. The second-order valence-electron chi connectivity index (χ2n) is 7.36. The number of ether oxygens (including phenoxy) is 1. The first-order valence-electron chi connectivity index (χ1n) is 10.0. The van der Waals surface area contributed by atoms with Crippen molar-refractivity contribution < 1.29 is 48.3 Å². The summed E-state index contributed by atoms with van der Waals surface area (Å²) in [5.74, 6) is -8.05. The van der Waals surface area contributed by atoms with Gasteiger partial charge < -0.3 is 4.74 Å². The van der Waals surface area contributed by atoms with Gasteiger partial charge in [-0.25, -0.2) is 33.0 Å². The molecule has 4 rings (SSSR count). The molecular weight excluding hydrogens is 560 g/mol. The summed E-state index contributed by atoms with van der Waals surface area (Å²) in [5, 5.41) is 6.68. The van der Waals surface area contributed by atoms with Crippen LogP contribution >= 0.6 is 0 Å². The average Bonchev–Trinajstić information content (AvgIpc) is 3.48. The van der Waals surface area contributed by atoms with Crippen LogP contribution in [0.2, 0.25) is 0 Å². The summed E-state index contributed by atoms with van der Waals surface area (Å²) in [7, 11) is -4.13. The highest BCUT2D eigenvalue weighted by molar-refractivity contribution is 7.91. The summed E-state index contributed by atoms with van der Waals surface area (Å²) < 4.78 is 134. The lowest BCUT2D eigenvalue weighted by atomic mass is 10.2. The van der Waals surface area contributed by atoms with Crippen molar-refractivity contribution in [3.63, 3.8) is 0 Å². The molecule has 0 aliphatic heterocycles. The number of alkyl halides is 8. The van der Waals surface area contributed by atoms with Crippen LogP contribution in [0.15, 0.2) is 36.0 Å². The van der Waals surface area contributed by atoms with Crippen molar-refractivity contribution in [3.8, 4) is 23.0 Å². The summed E-state index contributed by atoms with van der Waals surface area (Å²) in [6, 6.07) is 1.17. The van der Waals surface area contributed by atoms with Crippen LogP contribution in [0.25, 0.3) is 22.7 Å². The normalized spacial score (nSPS) is 13.3. The summed E-state index contributed by atoms with van der Waals surface area (Å²) in [6.07, 6.45) is -7.42. The van der Waals surface area contributed by atoms with Crippen LogP contribution in [0.3, 0.4) is 0 Å². The number of nitrogens with zero attached hydrogens (tertiary/aromatic N) is 8. The summed E-state index contributed by atoms with van der Waals surface area (Å²) in [5.41, 5.74) is -0.768. The molecule has 0 aliphatic carbocycles. The van der Waals surface area contributed by atoms with E-state index < -0.39 is 57.2 Å². The van der Waals surface area contributed by atoms with E-state index in [1.54, 1.807) is 0 Å². The molecule has 0 radical (unpaired) electrons. The van der Waals surface area contributed by atoms with E-state index in [0.29, 0.717) is 10.9 Å². The van der Waals surface area contributed by atoms with Crippen molar-refractivity contribution in [2.45, 2.75) is 30.2 Å². The zero-order chi connectivity index (χ0) is 28.1. The topological polar surface area (TPSA) is 130 Å². The van der Waals surface area contributed by atoms with Crippen LogP contribution in [0, 0.1) is 0 Å². The van der Waals surface area contributed by atoms with Gasteiger partial charge in [0.25, 0.3) is 5.82 Å². The maximum atomic E-state index is 13.1. The van der Waals surface area contributed by atoms with E-state index in [2.05, 4.69) is 34.9 Å². The number of aromatic nitrogens is 8. The number of hydrogen-bond acceptors (Lipinski definition) is 9. The molecule has 0 aliphatic rings. The minimum absolute atomic E-state index is 0.195. The third-order valence-electron chi connectivity index (χ3n) is 4.82. The second-order valence-corrected chi connectivity index (χ2v) is 9.56. The summed E-state index contributed by atoms with van der Waals surface area (Å²) in [4.78, 5) is 14.6. The van der Waals surface area contributed by atoms with E-state index in [9.17, 15) is 43.5 Å². The van der Waals surface area contributed by atoms with E-state index in [-0.39, 0.29) is 22.7 Å². The molecule has 0 fully saturated rings. The van der Waals surface area contributed by atoms with Gasteiger partial charge in [-0.2, -0.15) is 44.7 Å². The minimum atomic E-state index is -5.87. The fourth-order valence-corrected chi connectivity index (χ4v) is 3.92. The van der Waals surface area contributed by atoms with Gasteiger partial charge in [0.05, 0.1) is 29.4 Å². The first-order chi connectivity index (χ1) is 17.5. The third kappa shape index (κ3) is 4.94. The molecule has 204 valence electrons. The monoisotopic (exact) mass is 572 g/mol. The first-order valence-corrected chi connectivity index (χ1v) is 11.7. The fourth-order valence-electron chi connectivity index (χ4n) is 2.94. The van der Waals surface area contributed by atoms with Gasteiger partial charge in [0.15, 0.2) is 32.9 Å². The molecule has 4 heterocycles. The van der Waals surface area contributed by atoms with Crippen molar-refractivity contribution in [2.75, 3.05) is 12.4 Å². The molecular formula is C18H12F8N8O3S. The van der Waals surface area contributed by atoms with E-state index >= 15 is 0 Å². The highest BCUT2D eigenvalue weighted by Gasteiger charge is 2.58. The maximum absolute atomic E-state index is 13.1. The summed E-state index contributed by atoms with van der Waals surface area (Å²) in [6.45, 7) is -0.798. The van der Waals surface area contributed by atoms with E-state index in [4.69, 9.17) is 0 Å². The van der Waals surface area contributed by atoms with E-state index in [1.807, 2.05) is 0 Å². The molecule has 0 spiro atoms. The Kier molecular flexibility index (Phi) is 6.48. The van der Waals surface area contributed by atoms with Gasteiger partial charge in [-0.15, -0.1) is 5.10 Å². The lowest BCUT2D eigenvalue weighted by Gasteiger charge is -2.19. The number of halogens is 8. The van der Waals surface area contributed by atoms with Gasteiger partial charge in [-0.1, -0.05) is 6.92 Å². The second kappa shape index (κ2) is 9.10. The van der Waals surface area contributed by atoms with Gasteiger partial charge in [-0.05, 0) is 0 Å². The number of fused-ring (bicyclic) bond motifs is 1. The van der Waals surface area contributed by atoms with Crippen LogP contribution < -0.4 is 4.74 Å². The largest absolute Gasteiger partial charge is 0.470 e. The molecule has 11 nitrogen and oxygen atoms in total. The number of rotatable bonds is 7.